The molecule has 0 unspecified atom stereocenters. The van der Waals surface area contributed by atoms with Gasteiger partial charge in [0, 0.05) is 17.6 Å². The molecule has 1 aromatic carbocycles. The number of halogens is 3. The van der Waals surface area contributed by atoms with Gasteiger partial charge in [-0.05, 0) is 28.9 Å². The van der Waals surface area contributed by atoms with E-state index in [9.17, 15) is 8.78 Å². The van der Waals surface area contributed by atoms with E-state index in [1.54, 1.807) is 14.0 Å². The third-order valence-electron chi connectivity index (χ3n) is 2.58. The number of benzene rings is 1. The summed E-state index contributed by atoms with van der Waals surface area (Å²) >= 11 is 3.08. The van der Waals surface area contributed by atoms with Gasteiger partial charge in [-0.15, -0.1) is 0 Å². The zero-order valence-electron chi connectivity index (χ0n) is 10.1. The Morgan fingerprint density at radius 1 is 1.42 bits per heavy atom. The molecule has 0 fully saturated rings. The predicted molar refractivity (Wildman–Crippen MR) is 70.0 cm³/mol. The largest absolute Gasteiger partial charge is 0.336 e. The molecule has 19 heavy (non-hydrogen) atoms. The fourth-order valence-electron chi connectivity index (χ4n) is 1.72. The average Bonchev–Trinajstić information content (AvgIpc) is 2.57. The first-order valence-electron chi connectivity index (χ1n) is 5.29. The van der Waals surface area contributed by atoms with Gasteiger partial charge in [-0.2, -0.15) is 10.4 Å². The molecular weight excluding hydrogens is 318 g/mol. The molecule has 0 radical (unpaired) electrons. The molecule has 0 spiro atoms. The zero-order valence-corrected chi connectivity index (χ0v) is 11.7. The molecule has 0 atom stereocenters. The van der Waals surface area contributed by atoms with E-state index in [-0.39, 0.29) is 10.2 Å². The van der Waals surface area contributed by atoms with Crippen LogP contribution in [-0.2, 0) is 7.05 Å². The Morgan fingerprint density at radius 3 is 2.68 bits per heavy atom. The van der Waals surface area contributed by atoms with Gasteiger partial charge in [-0.1, -0.05) is 0 Å². The second-order valence-corrected chi connectivity index (χ2v) is 4.77. The first-order chi connectivity index (χ1) is 8.93. The third kappa shape index (κ3) is 2.44. The Hall–Kier alpha value is -1.94. The van der Waals surface area contributed by atoms with Crippen molar-refractivity contribution in [2.24, 2.45) is 7.05 Å². The highest BCUT2D eigenvalue weighted by Gasteiger charge is 2.17. The Kier molecular flexibility index (Phi) is 3.53. The molecule has 1 aromatic heterocycles. The lowest BCUT2D eigenvalue weighted by Gasteiger charge is -2.10. The minimum atomic E-state index is -0.755. The maximum atomic E-state index is 13.7. The van der Waals surface area contributed by atoms with Crippen LogP contribution in [0.25, 0.3) is 0 Å². The monoisotopic (exact) mass is 326 g/mol. The van der Waals surface area contributed by atoms with Crippen LogP contribution in [0.4, 0.5) is 20.3 Å². The number of rotatable bonds is 2. The van der Waals surface area contributed by atoms with Crippen LogP contribution in [0.15, 0.2) is 16.6 Å². The standard InChI is InChI=1S/C12H9BrF2N4/c1-6-8(5-16)12(19(2)18-6)17-11-9(13)3-7(14)4-10(11)15/h3-4,17H,1-2H3. The molecule has 0 saturated carbocycles. The van der Waals surface area contributed by atoms with Crippen LogP contribution in [0.2, 0.25) is 0 Å². The smallest absolute Gasteiger partial charge is 0.150 e. The van der Waals surface area contributed by atoms with Gasteiger partial charge in [0.25, 0.3) is 0 Å². The summed E-state index contributed by atoms with van der Waals surface area (Å²) in [6.07, 6.45) is 0. The van der Waals surface area contributed by atoms with Crippen LogP contribution in [0.3, 0.4) is 0 Å². The van der Waals surface area contributed by atoms with Crippen molar-refractivity contribution in [1.29, 1.82) is 5.26 Å². The molecular formula is C12H9BrF2N4. The van der Waals surface area contributed by atoms with Gasteiger partial charge in [-0.25, -0.2) is 8.78 Å². The fraction of sp³-hybridized carbons (Fsp3) is 0.167. The highest BCUT2D eigenvalue weighted by Crippen LogP contribution is 2.31. The number of hydrogen-bond acceptors (Lipinski definition) is 3. The number of nitrogens with one attached hydrogen (secondary N) is 1. The first kappa shape index (κ1) is 13.5. The van der Waals surface area contributed by atoms with Crippen LogP contribution < -0.4 is 5.32 Å². The van der Waals surface area contributed by atoms with E-state index in [1.165, 1.54) is 4.68 Å². The summed E-state index contributed by atoms with van der Waals surface area (Å²) in [6.45, 7) is 1.68. The van der Waals surface area contributed by atoms with Crippen LogP contribution in [0.1, 0.15) is 11.3 Å². The van der Waals surface area contributed by atoms with E-state index in [2.05, 4.69) is 26.3 Å². The van der Waals surface area contributed by atoms with Crippen LogP contribution >= 0.6 is 15.9 Å². The molecule has 7 heteroatoms. The number of nitrogens with zero attached hydrogens (tertiary/aromatic N) is 3. The van der Waals surface area contributed by atoms with E-state index in [0.29, 0.717) is 17.1 Å². The average molecular weight is 327 g/mol. The molecule has 0 amide bonds. The zero-order chi connectivity index (χ0) is 14.2. The van der Waals surface area contributed by atoms with Crippen molar-refractivity contribution in [3.63, 3.8) is 0 Å². The van der Waals surface area contributed by atoms with Gasteiger partial charge >= 0.3 is 0 Å². The second-order valence-electron chi connectivity index (χ2n) is 3.91. The summed E-state index contributed by atoms with van der Waals surface area (Å²) in [4.78, 5) is 0. The fourth-order valence-corrected chi connectivity index (χ4v) is 2.22. The molecule has 98 valence electrons. The van der Waals surface area contributed by atoms with Crippen molar-refractivity contribution in [3.05, 3.63) is 39.5 Å². The highest BCUT2D eigenvalue weighted by atomic mass is 79.9. The lowest BCUT2D eigenvalue weighted by Crippen LogP contribution is -2.03. The SMILES string of the molecule is Cc1nn(C)c(Nc2c(F)cc(F)cc2Br)c1C#N. The number of aromatic nitrogens is 2. The summed E-state index contributed by atoms with van der Waals surface area (Å²) in [5.74, 6) is -1.09. The minimum absolute atomic E-state index is 0.0564. The topological polar surface area (TPSA) is 53.6 Å². The molecule has 0 bridgehead atoms. The molecule has 2 aromatic rings. The second kappa shape index (κ2) is 4.97. The van der Waals surface area contributed by atoms with Gasteiger partial charge in [0.15, 0.2) is 5.82 Å². The van der Waals surface area contributed by atoms with Crippen molar-refractivity contribution in [3.8, 4) is 6.07 Å². The van der Waals surface area contributed by atoms with Crippen LogP contribution in [0, 0.1) is 29.9 Å². The lowest BCUT2D eigenvalue weighted by molar-refractivity contribution is 0.584. The number of anilines is 2. The first-order valence-corrected chi connectivity index (χ1v) is 6.08. The molecule has 1 heterocycles. The quantitative estimate of drug-likeness (QED) is 0.920. The van der Waals surface area contributed by atoms with Crippen molar-refractivity contribution in [2.75, 3.05) is 5.32 Å². The third-order valence-corrected chi connectivity index (χ3v) is 3.21. The summed E-state index contributed by atoms with van der Waals surface area (Å²) in [5, 5.41) is 15.9. The van der Waals surface area contributed by atoms with Crippen LogP contribution in [0.5, 0.6) is 0 Å². The van der Waals surface area contributed by atoms with E-state index in [0.717, 1.165) is 12.1 Å². The number of aryl methyl sites for hydroxylation is 2. The highest BCUT2D eigenvalue weighted by molar-refractivity contribution is 9.10. The molecule has 1 N–H and O–H groups in total. The normalized spacial score (nSPS) is 10.3. The molecule has 0 aliphatic carbocycles. The maximum absolute atomic E-state index is 13.7. The molecule has 0 saturated heterocycles. The van der Waals surface area contributed by atoms with Crippen molar-refractivity contribution < 1.29 is 8.78 Å². The Labute approximate surface area is 116 Å². The maximum Gasteiger partial charge on any atom is 0.150 e. The van der Waals surface area contributed by atoms with Gasteiger partial charge < -0.3 is 5.32 Å². The van der Waals surface area contributed by atoms with Gasteiger partial charge in [0.05, 0.1) is 11.4 Å². The van der Waals surface area contributed by atoms with E-state index in [4.69, 9.17) is 5.26 Å². The summed E-state index contributed by atoms with van der Waals surface area (Å²) in [7, 11) is 1.63. The minimum Gasteiger partial charge on any atom is -0.336 e. The van der Waals surface area contributed by atoms with E-state index >= 15 is 0 Å². The van der Waals surface area contributed by atoms with E-state index < -0.39 is 11.6 Å². The van der Waals surface area contributed by atoms with Crippen LogP contribution in [-0.4, -0.2) is 9.78 Å². The summed E-state index contributed by atoms with van der Waals surface area (Å²) in [6, 6.07) is 3.90. The van der Waals surface area contributed by atoms with Gasteiger partial charge in [-0.3, -0.25) is 4.68 Å². The molecule has 0 aliphatic heterocycles. The van der Waals surface area contributed by atoms with Crippen molar-refractivity contribution in [2.45, 2.75) is 6.92 Å². The van der Waals surface area contributed by atoms with Crippen molar-refractivity contribution >= 4 is 27.4 Å². The van der Waals surface area contributed by atoms with E-state index in [1.807, 2.05) is 6.07 Å². The number of nitriles is 1. The van der Waals surface area contributed by atoms with Gasteiger partial charge in [0.1, 0.15) is 23.3 Å². The predicted octanol–water partition coefficient (Wildman–Crippen LogP) is 3.38. The molecule has 2 rings (SSSR count). The number of hydrogen-bond donors (Lipinski definition) is 1. The summed E-state index contributed by atoms with van der Waals surface area (Å²) in [5.41, 5.74) is 0.908. The summed E-state index contributed by atoms with van der Waals surface area (Å²) < 4.78 is 28.4. The lowest BCUT2D eigenvalue weighted by atomic mass is 10.2. The Bertz CT molecular complexity index is 665. The Balaban J connectivity index is 2.51. The Morgan fingerprint density at radius 2 is 2.11 bits per heavy atom. The van der Waals surface area contributed by atoms with Crippen molar-refractivity contribution in [1.82, 2.24) is 9.78 Å². The molecule has 0 aliphatic rings. The molecule has 4 nitrogen and oxygen atoms in total. The van der Waals surface area contributed by atoms with Gasteiger partial charge in [0.2, 0.25) is 0 Å².